The second-order valence-corrected chi connectivity index (χ2v) is 6.40. The van der Waals surface area contributed by atoms with E-state index in [9.17, 15) is 9.59 Å². The van der Waals surface area contributed by atoms with Gasteiger partial charge in [0.15, 0.2) is 0 Å². The summed E-state index contributed by atoms with van der Waals surface area (Å²) in [7, 11) is 0. The molecule has 0 saturated carbocycles. The summed E-state index contributed by atoms with van der Waals surface area (Å²) in [5.41, 5.74) is 1.38. The molecule has 5 nitrogen and oxygen atoms in total. The van der Waals surface area contributed by atoms with Gasteiger partial charge in [-0.3, -0.25) is 4.79 Å². The Morgan fingerprint density at radius 1 is 1.08 bits per heavy atom. The number of halogens is 1. The van der Waals surface area contributed by atoms with Gasteiger partial charge in [0.05, 0.1) is 17.7 Å². The Labute approximate surface area is 161 Å². The molecular weight excluding hydrogens is 398 g/mol. The number of amides is 1. The average Bonchev–Trinajstić information content (AvgIpc) is 2.64. The molecule has 2 aromatic carbocycles. The molecule has 2 rings (SSSR count). The molecule has 0 heterocycles. The fourth-order valence-electron chi connectivity index (χ4n) is 2.44. The second kappa shape index (κ2) is 9.97. The van der Waals surface area contributed by atoms with Crippen molar-refractivity contribution in [2.45, 2.75) is 26.3 Å². The topological polar surface area (TPSA) is 64.6 Å². The Balaban J connectivity index is 2.14. The summed E-state index contributed by atoms with van der Waals surface area (Å²) in [4.78, 5) is 24.8. The van der Waals surface area contributed by atoms with Crippen LogP contribution in [0.25, 0.3) is 0 Å². The van der Waals surface area contributed by atoms with Gasteiger partial charge in [-0.05, 0) is 53.5 Å². The maximum atomic E-state index is 12.6. The van der Waals surface area contributed by atoms with E-state index in [-0.39, 0.29) is 12.5 Å². The van der Waals surface area contributed by atoms with E-state index in [0.717, 1.165) is 5.56 Å². The molecule has 0 radical (unpaired) electrons. The van der Waals surface area contributed by atoms with Crippen molar-refractivity contribution in [3.05, 3.63) is 64.1 Å². The lowest BCUT2D eigenvalue weighted by molar-refractivity contribution is -0.145. The van der Waals surface area contributed by atoms with Crippen molar-refractivity contribution >= 4 is 27.8 Å². The summed E-state index contributed by atoms with van der Waals surface area (Å²) in [6.45, 7) is 4.42. The van der Waals surface area contributed by atoms with Gasteiger partial charge < -0.3 is 14.8 Å². The summed E-state index contributed by atoms with van der Waals surface area (Å²) in [5, 5.41) is 2.77. The average molecular weight is 420 g/mol. The van der Waals surface area contributed by atoms with Gasteiger partial charge in [0.2, 0.25) is 0 Å². The van der Waals surface area contributed by atoms with Crippen LogP contribution in [0.4, 0.5) is 0 Å². The van der Waals surface area contributed by atoms with E-state index in [1.807, 2.05) is 37.3 Å². The third-order valence-corrected chi connectivity index (χ3v) is 4.27. The molecule has 0 aliphatic heterocycles. The summed E-state index contributed by atoms with van der Waals surface area (Å²) in [6.07, 6.45) is 0.365. The van der Waals surface area contributed by atoms with Gasteiger partial charge in [-0.25, -0.2) is 4.79 Å². The fourth-order valence-corrected chi connectivity index (χ4v) is 2.94. The minimum Gasteiger partial charge on any atom is -0.493 e. The van der Waals surface area contributed by atoms with Crippen LogP contribution in [-0.2, 0) is 16.0 Å². The van der Waals surface area contributed by atoms with Gasteiger partial charge >= 0.3 is 5.97 Å². The zero-order valence-corrected chi connectivity index (χ0v) is 16.4. The van der Waals surface area contributed by atoms with Crippen LogP contribution < -0.4 is 10.1 Å². The highest BCUT2D eigenvalue weighted by Gasteiger charge is 2.23. The molecule has 0 spiro atoms. The zero-order chi connectivity index (χ0) is 18.9. The molecular formula is C20H22BrNO4. The molecule has 1 N–H and O–H groups in total. The van der Waals surface area contributed by atoms with Crippen molar-refractivity contribution in [1.82, 2.24) is 5.32 Å². The second-order valence-electron chi connectivity index (χ2n) is 5.55. The number of hydrogen-bond acceptors (Lipinski definition) is 4. The normalized spacial score (nSPS) is 11.5. The molecule has 0 aliphatic rings. The maximum absolute atomic E-state index is 12.6. The van der Waals surface area contributed by atoms with Gasteiger partial charge in [0.25, 0.3) is 5.91 Å². The van der Waals surface area contributed by atoms with Gasteiger partial charge in [-0.15, -0.1) is 0 Å². The molecule has 0 saturated heterocycles. The van der Waals surface area contributed by atoms with Crippen molar-refractivity contribution in [2.24, 2.45) is 0 Å². The summed E-state index contributed by atoms with van der Waals surface area (Å²) in [5.74, 6) is -0.132. The predicted molar refractivity (Wildman–Crippen MR) is 103 cm³/mol. The highest BCUT2D eigenvalue weighted by Crippen LogP contribution is 2.26. The van der Waals surface area contributed by atoms with E-state index in [0.29, 0.717) is 28.8 Å². The number of nitrogens with one attached hydrogen (secondary N) is 1. The first kappa shape index (κ1) is 20.0. The number of benzene rings is 2. The number of rotatable bonds is 8. The lowest BCUT2D eigenvalue weighted by Gasteiger charge is -2.18. The molecule has 26 heavy (non-hydrogen) atoms. The van der Waals surface area contributed by atoms with Crippen LogP contribution in [-0.4, -0.2) is 31.1 Å². The van der Waals surface area contributed by atoms with Gasteiger partial charge in [-0.1, -0.05) is 30.3 Å². The molecule has 1 atom stereocenters. The molecule has 6 heteroatoms. The Morgan fingerprint density at radius 3 is 2.42 bits per heavy atom. The summed E-state index contributed by atoms with van der Waals surface area (Å²) in [6, 6.07) is 13.8. The SMILES string of the molecule is CCOC(=O)C(Cc1ccccc1)NC(=O)c1ccc(OCC)c(Br)c1. The lowest BCUT2D eigenvalue weighted by atomic mass is 10.1. The Morgan fingerprint density at radius 2 is 1.81 bits per heavy atom. The number of carbonyl (C=O) groups excluding carboxylic acids is 2. The van der Waals surface area contributed by atoms with Gasteiger partial charge in [0, 0.05) is 12.0 Å². The number of ether oxygens (including phenoxy) is 2. The van der Waals surface area contributed by atoms with Crippen LogP contribution in [0.3, 0.4) is 0 Å². The van der Waals surface area contributed by atoms with Crippen molar-refractivity contribution in [2.75, 3.05) is 13.2 Å². The van der Waals surface area contributed by atoms with E-state index < -0.39 is 12.0 Å². The van der Waals surface area contributed by atoms with Gasteiger partial charge in [0.1, 0.15) is 11.8 Å². The standard InChI is InChI=1S/C20H22BrNO4/c1-3-25-18-11-10-15(13-16(18)21)19(23)22-17(20(24)26-4-2)12-14-8-6-5-7-9-14/h5-11,13,17H,3-4,12H2,1-2H3,(H,22,23). The maximum Gasteiger partial charge on any atom is 0.328 e. The van der Waals surface area contributed by atoms with E-state index >= 15 is 0 Å². The highest BCUT2D eigenvalue weighted by molar-refractivity contribution is 9.10. The Kier molecular flexibility index (Phi) is 7.66. The van der Waals surface area contributed by atoms with E-state index in [1.165, 1.54) is 0 Å². The minimum atomic E-state index is -0.754. The molecule has 2 aromatic rings. The van der Waals surface area contributed by atoms with Crippen LogP contribution >= 0.6 is 15.9 Å². The van der Waals surface area contributed by atoms with E-state index in [1.54, 1.807) is 25.1 Å². The zero-order valence-electron chi connectivity index (χ0n) is 14.8. The van der Waals surface area contributed by atoms with Crippen molar-refractivity contribution in [3.63, 3.8) is 0 Å². The molecule has 1 unspecified atom stereocenters. The molecule has 0 aliphatic carbocycles. The molecule has 0 bridgehead atoms. The van der Waals surface area contributed by atoms with Crippen LogP contribution in [0.1, 0.15) is 29.8 Å². The lowest BCUT2D eigenvalue weighted by Crippen LogP contribution is -2.43. The first-order valence-electron chi connectivity index (χ1n) is 8.48. The molecule has 1 amide bonds. The third kappa shape index (κ3) is 5.59. The van der Waals surface area contributed by atoms with Crippen LogP contribution in [0, 0.1) is 0 Å². The van der Waals surface area contributed by atoms with Crippen molar-refractivity contribution in [1.29, 1.82) is 0 Å². The largest absolute Gasteiger partial charge is 0.493 e. The quantitative estimate of drug-likeness (QED) is 0.661. The molecule has 0 fully saturated rings. The summed E-state index contributed by atoms with van der Waals surface area (Å²) < 4.78 is 11.2. The van der Waals surface area contributed by atoms with Crippen LogP contribution in [0.2, 0.25) is 0 Å². The summed E-state index contributed by atoms with van der Waals surface area (Å²) >= 11 is 3.39. The predicted octanol–water partition coefficient (Wildman–Crippen LogP) is 3.75. The Hall–Kier alpha value is -2.34. The van der Waals surface area contributed by atoms with E-state index in [2.05, 4.69) is 21.2 Å². The van der Waals surface area contributed by atoms with Crippen molar-refractivity contribution < 1.29 is 19.1 Å². The van der Waals surface area contributed by atoms with Crippen molar-refractivity contribution in [3.8, 4) is 5.75 Å². The van der Waals surface area contributed by atoms with Crippen LogP contribution in [0.5, 0.6) is 5.75 Å². The number of carbonyl (C=O) groups is 2. The Bertz CT molecular complexity index is 749. The third-order valence-electron chi connectivity index (χ3n) is 3.65. The molecule has 0 aromatic heterocycles. The van der Waals surface area contributed by atoms with Gasteiger partial charge in [-0.2, -0.15) is 0 Å². The number of hydrogen-bond donors (Lipinski definition) is 1. The fraction of sp³-hybridized carbons (Fsp3) is 0.300. The monoisotopic (exact) mass is 419 g/mol. The number of esters is 1. The molecule has 138 valence electrons. The highest BCUT2D eigenvalue weighted by atomic mass is 79.9. The first-order valence-corrected chi connectivity index (χ1v) is 9.28. The minimum absolute atomic E-state index is 0.259. The first-order chi connectivity index (χ1) is 12.5. The van der Waals surface area contributed by atoms with E-state index in [4.69, 9.17) is 9.47 Å². The van der Waals surface area contributed by atoms with Crippen LogP contribution in [0.15, 0.2) is 53.0 Å². The smallest absolute Gasteiger partial charge is 0.328 e.